The van der Waals surface area contributed by atoms with Gasteiger partial charge in [0.15, 0.2) is 6.61 Å². The third-order valence-electron chi connectivity index (χ3n) is 5.23. The fourth-order valence-corrected chi connectivity index (χ4v) is 5.03. The number of amides is 1. The van der Waals surface area contributed by atoms with Crippen LogP contribution in [0, 0.1) is 0 Å². The van der Waals surface area contributed by atoms with Crippen LogP contribution < -0.4 is 5.32 Å². The van der Waals surface area contributed by atoms with Gasteiger partial charge in [-0.25, -0.2) is 9.59 Å². The summed E-state index contributed by atoms with van der Waals surface area (Å²) in [6, 6.07) is 10.3. The number of phenols is 1. The van der Waals surface area contributed by atoms with Gasteiger partial charge in [-0.3, -0.25) is 4.79 Å². The first-order valence-electron chi connectivity index (χ1n) is 9.89. The number of aromatic hydroxyl groups is 1. The molecular formula is C23H21NO6S. The van der Waals surface area contributed by atoms with Gasteiger partial charge >= 0.3 is 11.9 Å². The van der Waals surface area contributed by atoms with E-state index in [0.29, 0.717) is 10.6 Å². The number of hydrogen-bond donors (Lipinski definition) is 2. The van der Waals surface area contributed by atoms with Crippen molar-refractivity contribution in [3.05, 3.63) is 58.0 Å². The highest BCUT2D eigenvalue weighted by atomic mass is 32.1. The number of phenolic OH excluding ortho intramolecular Hbond substituents is 1. The predicted octanol–water partition coefficient (Wildman–Crippen LogP) is 4.07. The maximum atomic E-state index is 12.4. The summed E-state index contributed by atoms with van der Waals surface area (Å²) in [5.41, 5.74) is 1.29. The van der Waals surface area contributed by atoms with Crippen molar-refractivity contribution in [2.24, 2.45) is 0 Å². The highest BCUT2D eigenvalue weighted by molar-refractivity contribution is 7.17. The molecule has 0 unspecified atom stereocenters. The van der Waals surface area contributed by atoms with E-state index in [1.807, 2.05) is 24.3 Å². The van der Waals surface area contributed by atoms with Crippen molar-refractivity contribution < 1.29 is 29.0 Å². The van der Waals surface area contributed by atoms with Crippen molar-refractivity contribution in [1.82, 2.24) is 0 Å². The lowest BCUT2D eigenvalue weighted by Crippen LogP contribution is -2.22. The van der Waals surface area contributed by atoms with Crippen molar-refractivity contribution in [1.29, 1.82) is 0 Å². The number of carbonyl (C=O) groups is 3. The molecule has 0 fully saturated rings. The average molecular weight is 439 g/mol. The molecule has 4 rings (SSSR count). The summed E-state index contributed by atoms with van der Waals surface area (Å²) in [6.45, 7) is -0.547. The van der Waals surface area contributed by atoms with Gasteiger partial charge in [-0.1, -0.05) is 24.3 Å². The number of carbonyl (C=O) groups excluding carboxylic acids is 3. The summed E-state index contributed by atoms with van der Waals surface area (Å²) in [6.07, 6.45) is 3.64. The number of rotatable bonds is 5. The van der Waals surface area contributed by atoms with Crippen LogP contribution in [0.5, 0.6) is 5.75 Å². The lowest BCUT2D eigenvalue weighted by Gasteiger charge is -2.12. The molecule has 160 valence electrons. The third kappa shape index (κ3) is 4.25. The topological polar surface area (TPSA) is 102 Å². The molecule has 0 spiro atoms. The Morgan fingerprint density at radius 2 is 1.77 bits per heavy atom. The van der Waals surface area contributed by atoms with E-state index in [9.17, 15) is 19.5 Å². The van der Waals surface area contributed by atoms with Crippen molar-refractivity contribution >= 4 is 45.0 Å². The molecule has 0 radical (unpaired) electrons. The Balaban J connectivity index is 1.46. The van der Waals surface area contributed by atoms with E-state index in [4.69, 9.17) is 9.47 Å². The maximum absolute atomic E-state index is 12.4. The number of methoxy groups -OCH3 is 1. The van der Waals surface area contributed by atoms with Crippen LogP contribution in [-0.2, 0) is 27.1 Å². The highest BCUT2D eigenvalue weighted by Gasteiger charge is 2.27. The molecule has 7 nitrogen and oxygen atoms in total. The average Bonchev–Trinajstić information content (AvgIpc) is 3.14. The molecule has 3 aromatic rings. The first-order chi connectivity index (χ1) is 15.0. The van der Waals surface area contributed by atoms with E-state index in [-0.39, 0.29) is 11.3 Å². The molecule has 0 bridgehead atoms. The van der Waals surface area contributed by atoms with E-state index in [0.717, 1.165) is 46.9 Å². The van der Waals surface area contributed by atoms with Gasteiger partial charge in [0, 0.05) is 4.88 Å². The van der Waals surface area contributed by atoms with Crippen LogP contribution in [0.3, 0.4) is 0 Å². The van der Waals surface area contributed by atoms with Gasteiger partial charge in [0.2, 0.25) is 0 Å². The number of thiophene rings is 1. The minimum absolute atomic E-state index is 0.0201. The summed E-state index contributed by atoms with van der Waals surface area (Å²) in [5.74, 6) is -2.09. The molecule has 1 aliphatic rings. The zero-order chi connectivity index (χ0) is 22.0. The van der Waals surface area contributed by atoms with Gasteiger partial charge in [-0.05, 0) is 54.2 Å². The second-order valence-electron chi connectivity index (χ2n) is 7.25. The van der Waals surface area contributed by atoms with E-state index in [1.165, 1.54) is 30.6 Å². The van der Waals surface area contributed by atoms with E-state index >= 15 is 0 Å². The number of anilines is 1. The molecule has 1 amide bonds. The van der Waals surface area contributed by atoms with Gasteiger partial charge < -0.3 is 19.9 Å². The lowest BCUT2D eigenvalue weighted by molar-refractivity contribution is -0.119. The first-order valence-corrected chi connectivity index (χ1v) is 10.7. The van der Waals surface area contributed by atoms with E-state index in [2.05, 4.69) is 5.32 Å². The molecular weight excluding hydrogens is 418 g/mol. The summed E-state index contributed by atoms with van der Waals surface area (Å²) in [7, 11) is 1.30. The Bertz CT molecular complexity index is 1180. The molecule has 2 aromatic carbocycles. The summed E-state index contributed by atoms with van der Waals surface area (Å²) in [5, 5.41) is 14.8. The van der Waals surface area contributed by atoms with E-state index < -0.39 is 24.5 Å². The second kappa shape index (κ2) is 8.77. The van der Waals surface area contributed by atoms with E-state index in [1.54, 1.807) is 0 Å². The van der Waals surface area contributed by atoms with Crippen molar-refractivity contribution in [2.75, 3.05) is 19.0 Å². The number of benzene rings is 2. The highest BCUT2D eigenvalue weighted by Crippen LogP contribution is 2.38. The zero-order valence-electron chi connectivity index (χ0n) is 16.9. The molecule has 31 heavy (non-hydrogen) atoms. The Labute approximate surface area is 182 Å². The molecule has 0 atom stereocenters. The lowest BCUT2D eigenvalue weighted by atomic mass is 9.95. The standard InChI is InChI=1S/C23H21NO6S/c1-29-23(28)20-15-8-4-5-9-18(15)31-21(20)24-19(26)12-30-22(27)16-10-13-6-2-3-7-14(13)11-17(16)25/h2-3,6-7,10-11,25H,4-5,8-9,12H2,1H3,(H,24,26). The zero-order valence-corrected chi connectivity index (χ0v) is 17.7. The summed E-state index contributed by atoms with van der Waals surface area (Å²) >= 11 is 1.36. The smallest absolute Gasteiger partial charge is 0.342 e. The van der Waals surface area contributed by atoms with Crippen LogP contribution in [0.2, 0.25) is 0 Å². The Kier molecular flexibility index (Phi) is 5.90. The predicted molar refractivity (Wildman–Crippen MR) is 117 cm³/mol. The Morgan fingerprint density at radius 3 is 2.52 bits per heavy atom. The number of fused-ring (bicyclic) bond motifs is 2. The molecule has 2 N–H and O–H groups in total. The quantitative estimate of drug-likeness (QED) is 0.581. The number of nitrogens with one attached hydrogen (secondary N) is 1. The van der Waals surface area contributed by atoms with Crippen molar-refractivity contribution in [3.8, 4) is 5.75 Å². The molecule has 0 saturated heterocycles. The van der Waals surface area contributed by atoms with Crippen LogP contribution in [0.15, 0.2) is 36.4 Å². The van der Waals surface area contributed by atoms with Crippen molar-refractivity contribution in [2.45, 2.75) is 25.7 Å². The SMILES string of the molecule is COC(=O)c1c(NC(=O)COC(=O)c2cc3ccccc3cc2O)sc2c1CCCC2. The minimum Gasteiger partial charge on any atom is -0.507 e. The van der Waals surface area contributed by atoms with Crippen LogP contribution >= 0.6 is 11.3 Å². The monoisotopic (exact) mass is 439 g/mol. The Morgan fingerprint density at radius 1 is 1.06 bits per heavy atom. The first kappa shape index (κ1) is 20.9. The van der Waals surface area contributed by atoms with Crippen LogP contribution in [-0.4, -0.2) is 36.7 Å². The summed E-state index contributed by atoms with van der Waals surface area (Å²) in [4.78, 5) is 38.2. The maximum Gasteiger partial charge on any atom is 0.342 e. The molecule has 1 heterocycles. The van der Waals surface area contributed by atoms with Gasteiger partial charge in [0.25, 0.3) is 5.91 Å². The molecule has 1 aromatic heterocycles. The van der Waals surface area contributed by atoms with Gasteiger partial charge in [-0.15, -0.1) is 11.3 Å². The molecule has 8 heteroatoms. The number of aryl methyl sites for hydroxylation is 1. The van der Waals surface area contributed by atoms with Crippen LogP contribution in [0.1, 0.15) is 44.0 Å². The number of hydrogen-bond acceptors (Lipinski definition) is 7. The number of ether oxygens (including phenoxy) is 2. The second-order valence-corrected chi connectivity index (χ2v) is 8.35. The van der Waals surface area contributed by atoms with Crippen LogP contribution in [0.4, 0.5) is 5.00 Å². The van der Waals surface area contributed by atoms with Crippen LogP contribution in [0.25, 0.3) is 10.8 Å². The summed E-state index contributed by atoms with van der Waals surface area (Å²) < 4.78 is 9.99. The fourth-order valence-electron chi connectivity index (χ4n) is 3.74. The number of esters is 2. The minimum atomic E-state index is -0.808. The molecule has 1 aliphatic carbocycles. The Hall–Kier alpha value is -3.39. The van der Waals surface area contributed by atoms with Crippen molar-refractivity contribution in [3.63, 3.8) is 0 Å². The molecule has 0 saturated carbocycles. The fraction of sp³-hybridized carbons (Fsp3) is 0.261. The normalized spacial score (nSPS) is 12.8. The van der Waals surface area contributed by atoms with Gasteiger partial charge in [-0.2, -0.15) is 0 Å². The largest absolute Gasteiger partial charge is 0.507 e. The van der Waals surface area contributed by atoms with Gasteiger partial charge in [0.1, 0.15) is 16.3 Å². The molecule has 0 aliphatic heterocycles. The van der Waals surface area contributed by atoms with Gasteiger partial charge in [0.05, 0.1) is 12.7 Å². The third-order valence-corrected chi connectivity index (χ3v) is 6.44.